The maximum absolute atomic E-state index is 11.4. The van der Waals surface area contributed by atoms with Gasteiger partial charge in [0.1, 0.15) is 0 Å². The Morgan fingerprint density at radius 3 is 2.93 bits per heavy atom. The SMILES string of the molecule is COCCCOC1=C(C)N=CCC1=O. The van der Waals surface area contributed by atoms with E-state index >= 15 is 0 Å². The smallest absolute Gasteiger partial charge is 0.204 e. The van der Waals surface area contributed by atoms with E-state index in [1.807, 2.05) is 0 Å². The number of carbonyl (C=O) groups excluding carboxylic acids is 1. The quantitative estimate of drug-likeness (QED) is 0.624. The van der Waals surface area contributed by atoms with Gasteiger partial charge in [-0.1, -0.05) is 0 Å². The van der Waals surface area contributed by atoms with Gasteiger partial charge in [0.05, 0.1) is 12.3 Å². The standard InChI is InChI=1S/C10H15NO3/c1-8-10(9(12)4-5-11-8)14-7-3-6-13-2/h5H,3-4,6-7H2,1-2H3. The number of Topliss-reactive ketones (excluding diaryl/α,β-unsaturated/α-hetero) is 1. The number of rotatable bonds is 5. The van der Waals surface area contributed by atoms with Crippen molar-refractivity contribution in [3.8, 4) is 0 Å². The first kappa shape index (κ1) is 10.9. The summed E-state index contributed by atoms with van der Waals surface area (Å²) in [6.07, 6.45) is 2.74. The molecule has 0 radical (unpaired) electrons. The van der Waals surface area contributed by atoms with E-state index in [0.717, 1.165) is 6.42 Å². The van der Waals surface area contributed by atoms with Crippen molar-refractivity contribution in [1.29, 1.82) is 0 Å². The molecule has 4 nitrogen and oxygen atoms in total. The van der Waals surface area contributed by atoms with Crippen molar-refractivity contribution in [2.75, 3.05) is 20.3 Å². The van der Waals surface area contributed by atoms with Crippen LogP contribution in [0, 0.1) is 0 Å². The zero-order valence-electron chi connectivity index (χ0n) is 8.58. The third kappa shape index (κ3) is 2.96. The van der Waals surface area contributed by atoms with E-state index < -0.39 is 0 Å². The topological polar surface area (TPSA) is 47.9 Å². The Bertz CT molecular complexity index is 269. The Labute approximate surface area is 83.6 Å². The summed E-state index contributed by atoms with van der Waals surface area (Å²) in [6.45, 7) is 2.92. The number of aliphatic imine (C=N–C) groups is 1. The van der Waals surface area contributed by atoms with Gasteiger partial charge in [0.25, 0.3) is 0 Å². The minimum Gasteiger partial charge on any atom is -0.488 e. The molecular weight excluding hydrogens is 182 g/mol. The van der Waals surface area contributed by atoms with Gasteiger partial charge in [0, 0.05) is 32.8 Å². The van der Waals surface area contributed by atoms with Crippen LogP contribution in [0.5, 0.6) is 0 Å². The molecule has 0 bridgehead atoms. The number of methoxy groups -OCH3 is 1. The van der Waals surface area contributed by atoms with Gasteiger partial charge in [0.2, 0.25) is 5.78 Å². The van der Waals surface area contributed by atoms with Gasteiger partial charge in [-0.3, -0.25) is 9.79 Å². The summed E-state index contributed by atoms with van der Waals surface area (Å²) in [5.41, 5.74) is 0.665. The highest BCUT2D eigenvalue weighted by molar-refractivity contribution is 6.04. The van der Waals surface area contributed by atoms with Gasteiger partial charge < -0.3 is 9.47 Å². The molecule has 0 aromatic heterocycles. The van der Waals surface area contributed by atoms with Crippen LogP contribution in [0.15, 0.2) is 16.4 Å². The Morgan fingerprint density at radius 2 is 2.29 bits per heavy atom. The molecule has 1 rings (SSSR count). The van der Waals surface area contributed by atoms with Crippen LogP contribution < -0.4 is 0 Å². The van der Waals surface area contributed by atoms with Crippen LogP contribution in [0.3, 0.4) is 0 Å². The summed E-state index contributed by atoms with van der Waals surface area (Å²) < 4.78 is 10.2. The molecule has 0 saturated heterocycles. The normalized spacial score (nSPS) is 16.3. The summed E-state index contributed by atoms with van der Waals surface area (Å²) in [6, 6.07) is 0. The summed E-state index contributed by atoms with van der Waals surface area (Å²) in [4.78, 5) is 15.4. The third-order valence-corrected chi connectivity index (χ3v) is 1.88. The van der Waals surface area contributed by atoms with Crippen LogP contribution in [-0.4, -0.2) is 32.3 Å². The second-order valence-electron chi connectivity index (χ2n) is 3.05. The molecule has 14 heavy (non-hydrogen) atoms. The van der Waals surface area contributed by atoms with Crippen LogP contribution >= 0.6 is 0 Å². The van der Waals surface area contributed by atoms with Crippen LogP contribution in [0.25, 0.3) is 0 Å². The van der Waals surface area contributed by atoms with Crippen LogP contribution in [0.4, 0.5) is 0 Å². The minimum absolute atomic E-state index is 0.00918. The van der Waals surface area contributed by atoms with Crippen LogP contribution in [0.1, 0.15) is 19.8 Å². The fourth-order valence-corrected chi connectivity index (χ4v) is 1.18. The van der Waals surface area contributed by atoms with Gasteiger partial charge >= 0.3 is 0 Å². The molecule has 78 valence electrons. The number of hydrogen-bond acceptors (Lipinski definition) is 4. The molecule has 1 aliphatic heterocycles. The Hall–Kier alpha value is -1.16. The van der Waals surface area contributed by atoms with E-state index in [9.17, 15) is 4.79 Å². The second kappa shape index (κ2) is 5.54. The molecule has 0 N–H and O–H groups in total. The number of ketones is 1. The average Bonchev–Trinajstić information content (AvgIpc) is 2.16. The van der Waals surface area contributed by atoms with E-state index in [1.54, 1.807) is 20.2 Å². The molecule has 0 aromatic carbocycles. The minimum atomic E-state index is 0.00918. The van der Waals surface area contributed by atoms with E-state index in [4.69, 9.17) is 9.47 Å². The van der Waals surface area contributed by atoms with Crippen molar-refractivity contribution in [2.45, 2.75) is 19.8 Å². The maximum Gasteiger partial charge on any atom is 0.204 e. The zero-order valence-corrected chi connectivity index (χ0v) is 8.58. The first-order chi connectivity index (χ1) is 6.75. The zero-order chi connectivity index (χ0) is 10.4. The fraction of sp³-hybridized carbons (Fsp3) is 0.600. The lowest BCUT2D eigenvalue weighted by molar-refractivity contribution is -0.118. The van der Waals surface area contributed by atoms with Crippen molar-refractivity contribution >= 4 is 12.0 Å². The molecule has 0 aromatic rings. The second-order valence-corrected chi connectivity index (χ2v) is 3.05. The first-order valence-electron chi connectivity index (χ1n) is 4.64. The first-order valence-corrected chi connectivity index (χ1v) is 4.64. The lowest BCUT2D eigenvalue weighted by Gasteiger charge is -2.12. The number of carbonyl (C=O) groups is 1. The van der Waals surface area contributed by atoms with E-state index in [1.165, 1.54) is 0 Å². The van der Waals surface area contributed by atoms with Crippen molar-refractivity contribution in [1.82, 2.24) is 0 Å². The third-order valence-electron chi connectivity index (χ3n) is 1.88. The Kier molecular flexibility index (Phi) is 4.32. The van der Waals surface area contributed by atoms with Crippen molar-refractivity contribution in [3.63, 3.8) is 0 Å². The molecule has 0 unspecified atom stereocenters. The van der Waals surface area contributed by atoms with Crippen molar-refractivity contribution < 1.29 is 14.3 Å². The lowest BCUT2D eigenvalue weighted by Crippen LogP contribution is -2.13. The molecule has 0 aliphatic carbocycles. The van der Waals surface area contributed by atoms with Crippen LogP contribution in [-0.2, 0) is 14.3 Å². The number of allylic oxidation sites excluding steroid dienone is 2. The van der Waals surface area contributed by atoms with Gasteiger partial charge in [-0.05, 0) is 6.92 Å². The molecular formula is C10H15NO3. The van der Waals surface area contributed by atoms with Gasteiger partial charge in [-0.25, -0.2) is 0 Å². The molecule has 0 atom stereocenters. The van der Waals surface area contributed by atoms with E-state index in [-0.39, 0.29) is 5.78 Å². The molecule has 1 aliphatic rings. The predicted octanol–water partition coefficient (Wildman–Crippen LogP) is 1.31. The number of ether oxygens (including phenoxy) is 2. The Balaban J connectivity index is 2.41. The predicted molar refractivity (Wildman–Crippen MR) is 53.3 cm³/mol. The highest BCUT2D eigenvalue weighted by Gasteiger charge is 2.16. The summed E-state index contributed by atoms with van der Waals surface area (Å²) in [5.74, 6) is 0.415. The van der Waals surface area contributed by atoms with Gasteiger partial charge in [0.15, 0.2) is 5.76 Å². The summed E-state index contributed by atoms with van der Waals surface area (Å²) in [5, 5.41) is 0. The molecule has 4 heteroatoms. The molecule has 0 fully saturated rings. The molecule has 1 heterocycles. The lowest BCUT2D eigenvalue weighted by atomic mass is 10.2. The highest BCUT2D eigenvalue weighted by Crippen LogP contribution is 2.14. The highest BCUT2D eigenvalue weighted by atomic mass is 16.5. The van der Waals surface area contributed by atoms with Gasteiger partial charge in [-0.2, -0.15) is 0 Å². The number of hydrogen-bond donors (Lipinski definition) is 0. The maximum atomic E-state index is 11.4. The number of nitrogens with zero attached hydrogens (tertiary/aromatic N) is 1. The van der Waals surface area contributed by atoms with Crippen molar-refractivity contribution in [3.05, 3.63) is 11.5 Å². The van der Waals surface area contributed by atoms with Gasteiger partial charge in [-0.15, -0.1) is 0 Å². The summed E-state index contributed by atoms with van der Waals surface area (Å²) in [7, 11) is 1.64. The molecule has 0 saturated carbocycles. The molecule has 0 spiro atoms. The van der Waals surface area contributed by atoms with E-state index in [0.29, 0.717) is 31.1 Å². The Morgan fingerprint density at radius 1 is 1.50 bits per heavy atom. The fourth-order valence-electron chi connectivity index (χ4n) is 1.18. The monoisotopic (exact) mass is 197 g/mol. The average molecular weight is 197 g/mol. The van der Waals surface area contributed by atoms with Crippen LogP contribution in [0.2, 0.25) is 0 Å². The largest absolute Gasteiger partial charge is 0.488 e. The summed E-state index contributed by atoms with van der Waals surface area (Å²) >= 11 is 0. The van der Waals surface area contributed by atoms with Crippen molar-refractivity contribution in [2.24, 2.45) is 4.99 Å². The van der Waals surface area contributed by atoms with E-state index in [2.05, 4.69) is 4.99 Å². The molecule has 0 amide bonds.